The molecule has 0 bridgehead atoms. The van der Waals surface area contributed by atoms with E-state index in [1.54, 1.807) is 0 Å². The second-order valence-electron chi connectivity index (χ2n) is 6.39. The van der Waals surface area contributed by atoms with E-state index in [0.29, 0.717) is 0 Å². The maximum absolute atomic E-state index is 12.6. The first-order valence-electron chi connectivity index (χ1n) is 8.29. The molecule has 26 heavy (non-hydrogen) atoms. The highest BCUT2D eigenvalue weighted by atomic mass is 28.4. The Balaban J connectivity index is 5.94. The van der Waals surface area contributed by atoms with Gasteiger partial charge in [-0.3, -0.25) is 4.79 Å². The number of hydrogen-bond acceptors (Lipinski definition) is 7. The fourth-order valence-corrected chi connectivity index (χ4v) is 8.41. The molecule has 0 aliphatic carbocycles. The van der Waals surface area contributed by atoms with Crippen molar-refractivity contribution in [3.63, 3.8) is 0 Å². The summed E-state index contributed by atoms with van der Waals surface area (Å²) in [5.74, 6) is -1.35. The minimum atomic E-state index is -3.09. The van der Waals surface area contributed by atoms with Crippen LogP contribution >= 0.6 is 0 Å². The summed E-state index contributed by atoms with van der Waals surface area (Å²) in [6.45, 7) is 9.03. The predicted octanol–water partition coefficient (Wildman–Crippen LogP) is 3.51. The Hall–Kier alpha value is -2.63. The monoisotopic (exact) mass is 375 g/mol. The molecule has 0 saturated carbocycles. The van der Waals surface area contributed by atoms with Gasteiger partial charge in [-0.1, -0.05) is 27.4 Å². The second-order valence-corrected chi connectivity index (χ2v) is 11.3. The van der Waals surface area contributed by atoms with Crippen molar-refractivity contribution >= 4 is 20.3 Å². The molecule has 3 unspecified atom stereocenters. The maximum Gasteiger partial charge on any atom is 0.320 e. The van der Waals surface area contributed by atoms with Crippen LogP contribution in [-0.2, 0) is 18.8 Å². The number of carbonyl (C=O) groups excluding carboxylic acids is 2. The van der Waals surface area contributed by atoms with Crippen molar-refractivity contribution in [1.29, 1.82) is 15.8 Å². The standard InChI is InChI=1S/C18H25N3O4Si/c1-13(12-17(22)24-5)18(23)25-26(14(2)6-9-19,15(3)7-10-20)16(4)8-11-21/h14-16H,1,6-8,12H2,2-5H3. The molecular formula is C18H25N3O4Si. The molecule has 8 heteroatoms. The summed E-state index contributed by atoms with van der Waals surface area (Å²) in [6.07, 6.45) is 0.142. The summed E-state index contributed by atoms with van der Waals surface area (Å²) in [5.41, 5.74) is -0.900. The first kappa shape index (κ1) is 23.4. The van der Waals surface area contributed by atoms with E-state index >= 15 is 0 Å². The third-order valence-electron chi connectivity index (χ3n) is 4.65. The fourth-order valence-electron chi connectivity index (χ4n) is 3.20. The van der Waals surface area contributed by atoms with E-state index in [4.69, 9.17) is 20.2 Å². The lowest BCUT2D eigenvalue weighted by molar-refractivity contribution is -0.142. The van der Waals surface area contributed by atoms with Gasteiger partial charge in [0.25, 0.3) is 8.32 Å². The molecule has 0 aliphatic rings. The highest BCUT2D eigenvalue weighted by molar-refractivity contribution is 6.79. The summed E-state index contributed by atoms with van der Waals surface area (Å²) >= 11 is 0. The van der Waals surface area contributed by atoms with E-state index in [1.165, 1.54) is 7.11 Å². The molecule has 0 aromatic carbocycles. The molecule has 3 atom stereocenters. The zero-order valence-corrected chi connectivity index (χ0v) is 16.7. The van der Waals surface area contributed by atoms with E-state index in [0.717, 1.165) is 0 Å². The zero-order chi connectivity index (χ0) is 20.3. The van der Waals surface area contributed by atoms with E-state index < -0.39 is 20.3 Å². The van der Waals surface area contributed by atoms with Crippen LogP contribution in [0.2, 0.25) is 16.6 Å². The van der Waals surface area contributed by atoms with Gasteiger partial charge in [0.1, 0.15) is 0 Å². The topological polar surface area (TPSA) is 124 Å². The summed E-state index contributed by atoms with van der Waals surface area (Å²) in [5, 5.41) is 27.4. The SMILES string of the molecule is C=C(CC(=O)OC)C(=O)O[Si](C(C)CC#N)(C(C)CC#N)C(C)CC#N. The molecule has 0 rings (SSSR count). The Kier molecular flexibility index (Phi) is 9.95. The average molecular weight is 376 g/mol. The Morgan fingerprint density at radius 3 is 1.65 bits per heavy atom. The number of carbonyl (C=O) groups is 2. The molecule has 140 valence electrons. The summed E-state index contributed by atoms with van der Waals surface area (Å²) in [4.78, 5) is 24.0. The summed E-state index contributed by atoms with van der Waals surface area (Å²) < 4.78 is 10.5. The van der Waals surface area contributed by atoms with Crippen LogP contribution in [0.4, 0.5) is 0 Å². The molecule has 0 heterocycles. The number of nitriles is 3. The Labute approximate surface area is 155 Å². The van der Waals surface area contributed by atoms with Crippen molar-refractivity contribution in [3.8, 4) is 18.2 Å². The van der Waals surface area contributed by atoms with Crippen molar-refractivity contribution in [2.75, 3.05) is 7.11 Å². The first-order valence-corrected chi connectivity index (χ1v) is 10.4. The minimum absolute atomic E-state index is 0.0498. The van der Waals surface area contributed by atoms with Gasteiger partial charge >= 0.3 is 11.9 Å². The molecule has 0 aromatic rings. The predicted molar refractivity (Wildman–Crippen MR) is 96.6 cm³/mol. The summed E-state index contributed by atoms with van der Waals surface area (Å²) in [6, 6.07) is 6.27. The Morgan fingerprint density at radius 2 is 1.35 bits per heavy atom. The van der Waals surface area contributed by atoms with Gasteiger partial charge in [0.05, 0.1) is 31.7 Å². The van der Waals surface area contributed by atoms with Gasteiger partial charge in [-0.2, -0.15) is 15.8 Å². The Bertz CT molecular complexity index is 602. The molecule has 0 aliphatic heterocycles. The van der Waals surface area contributed by atoms with Gasteiger partial charge in [0.2, 0.25) is 0 Å². The van der Waals surface area contributed by atoms with Crippen molar-refractivity contribution in [2.24, 2.45) is 0 Å². The van der Waals surface area contributed by atoms with Crippen LogP contribution in [0.5, 0.6) is 0 Å². The van der Waals surface area contributed by atoms with E-state index in [-0.39, 0.29) is 47.9 Å². The highest BCUT2D eigenvalue weighted by Crippen LogP contribution is 2.47. The molecule has 7 nitrogen and oxygen atoms in total. The quantitative estimate of drug-likeness (QED) is 0.325. The van der Waals surface area contributed by atoms with Crippen LogP contribution in [0, 0.1) is 34.0 Å². The highest BCUT2D eigenvalue weighted by Gasteiger charge is 2.53. The molecular weight excluding hydrogens is 350 g/mol. The van der Waals surface area contributed by atoms with Gasteiger partial charge in [0, 0.05) is 24.8 Å². The van der Waals surface area contributed by atoms with Crippen molar-refractivity contribution in [2.45, 2.75) is 63.1 Å². The smallest absolute Gasteiger partial charge is 0.320 e. The molecule has 0 saturated heterocycles. The van der Waals surface area contributed by atoms with Gasteiger partial charge in [-0.15, -0.1) is 0 Å². The van der Waals surface area contributed by atoms with Gasteiger partial charge < -0.3 is 9.16 Å². The second kappa shape index (κ2) is 11.1. The number of ether oxygens (including phenoxy) is 1. The number of nitrogens with zero attached hydrogens (tertiary/aromatic N) is 3. The van der Waals surface area contributed by atoms with Crippen molar-refractivity contribution < 1.29 is 18.8 Å². The van der Waals surface area contributed by atoms with Gasteiger partial charge in [-0.05, 0) is 16.6 Å². The molecule has 0 radical (unpaired) electrons. The molecule has 0 spiro atoms. The molecule has 0 amide bonds. The summed E-state index contributed by atoms with van der Waals surface area (Å²) in [7, 11) is -1.88. The van der Waals surface area contributed by atoms with Crippen molar-refractivity contribution in [1.82, 2.24) is 0 Å². The van der Waals surface area contributed by atoms with Crippen LogP contribution in [0.15, 0.2) is 12.2 Å². The number of rotatable bonds is 10. The fraction of sp³-hybridized carbons (Fsp3) is 0.611. The number of esters is 1. The van der Waals surface area contributed by atoms with E-state index in [1.807, 2.05) is 20.8 Å². The Morgan fingerprint density at radius 1 is 0.962 bits per heavy atom. The minimum Gasteiger partial charge on any atom is -0.515 e. The van der Waals surface area contributed by atoms with Crippen LogP contribution < -0.4 is 0 Å². The maximum atomic E-state index is 12.6. The number of methoxy groups -OCH3 is 1. The third-order valence-corrected chi connectivity index (χ3v) is 10.4. The number of hydrogen-bond donors (Lipinski definition) is 0. The lowest BCUT2D eigenvalue weighted by Gasteiger charge is -2.43. The molecule has 0 fully saturated rings. The van der Waals surface area contributed by atoms with Crippen molar-refractivity contribution in [3.05, 3.63) is 12.2 Å². The zero-order valence-electron chi connectivity index (χ0n) is 15.7. The molecule has 0 N–H and O–H groups in total. The lowest BCUT2D eigenvalue weighted by atomic mass is 10.2. The molecule has 0 aromatic heterocycles. The largest absolute Gasteiger partial charge is 0.515 e. The van der Waals surface area contributed by atoms with Crippen LogP contribution in [0.25, 0.3) is 0 Å². The van der Waals surface area contributed by atoms with Crippen LogP contribution in [-0.4, -0.2) is 27.4 Å². The lowest BCUT2D eigenvalue weighted by Crippen LogP contribution is -2.51. The first-order chi connectivity index (χ1) is 12.2. The third kappa shape index (κ3) is 5.72. The van der Waals surface area contributed by atoms with Gasteiger partial charge in [0.15, 0.2) is 0 Å². The normalized spacial score (nSPS) is 15.7. The van der Waals surface area contributed by atoms with E-state index in [2.05, 4.69) is 29.5 Å². The average Bonchev–Trinajstić information content (AvgIpc) is 2.59. The van der Waals surface area contributed by atoms with Gasteiger partial charge in [-0.25, -0.2) is 4.79 Å². The van der Waals surface area contributed by atoms with E-state index in [9.17, 15) is 9.59 Å². The van der Waals surface area contributed by atoms with Crippen LogP contribution in [0.1, 0.15) is 46.5 Å². The van der Waals surface area contributed by atoms with Crippen LogP contribution in [0.3, 0.4) is 0 Å².